The average Bonchev–Trinajstić information content (AvgIpc) is 2.83. The molecule has 1 heterocycles. The molecular formula is C14H23BrClN3O2S. The number of hydrogen-bond acceptors (Lipinski definition) is 4. The number of thiophene rings is 1. The lowest BCUT2D eigenvalue weighted by Crippen LogP contribution is -2.44. The second kappa shape index (κ2) is 8.86. The minimum atomic E-state index is -0.148. The van der Waals surface area contributed by atoms with Gasteiger partial charge in [0.15, 0.2) is 0 Å². The van der Waals surface area contributed by atoms with Gasteiger partial charge < -0.3 is 15.5 Å². The first-order chi connectivity index (χ1) is 9.66. The maximum absolute atomic E-state index is 12.2. The molecule has 8 heteroatoms. The molecule has 0 bridgehead atoms. The van der Waals surface area contributed by atoms with Gasteiger partial charge in [-0.2, -0.15) is 0 Å². The van der Waals surface area contributed by atoms with Crippen LogP contribution in [-0.4, -0.2) is 55.3 Å². The molecule has 0 spiro atoms. The Kier molecular flexibility index (Phi) is 8.61. The Hall–Kier alpha value is -0.630. The fraction of sp³-hybridized carbons (Fsp3) is 0.571. The highest BCUT2D eigenvalue weighted by Crippen LogP contribution is 2.23. The molecule has 0 saturated carbocycles. The van der Waals surface area contributed by atoms with Crippen molar-refractivity contribution in [3.8, 4) is 0 Å². The summed E-state index contributed by atoms with van der Waals surface area (Å²) in [5, 5.41) is 0. The molecule has 1 aromatic rings. The molecule has 0 aliphatic rings. The van der Waals surface area contributed by atoms with Crippen molar-refractivity contribution in [3.05, 3.63) is 20.8 Å². The molecule has 2 amide bonds. The normalized spacial score (nSPS) is 10.8. The predicted molar refractivity (Wildman–Crippen MR) is 96.7 cm³/mol. The second-order valence-corrected chi connectivity index (χ2v) is 8.35. The summed E-state index contributed by atoms with van der Waals surface area (Å²) < 4.78 is 0.896. The van der Waals surface area contributed by atoms with Gasteiger partial charge >= 0.3 is 0 Å². The zero-order chi connectivity index (χ0) is 16.2. The van der Waals surface area contributed by atoms with E-state index < -0.39 is 0 Å². The molecular weight excluding hydrogens is 390 g/mol. The molecule has 0 aliphatic carbocycles. The summed E-state index contributed by atoms with van der Waals surface area (Å²) in [5.41, 5.74) is 5.54. The lowest BCUT2D eigenvalue weighted by molar-refractivity contribution is -0.131. The summed E-state index contributed by atoms with van der Waals surface area (Å²) in [6, 6.07) is 3.57. The van der Waals surface area contributed by atoms with E-state index in [0.29, 0.717) is 18.0 Å². The largest absolute Gasteiger partial charge is 0.344 e. The predicted octanol–water partition coefficient (Wildman–Crippen LogP) is 2.45. The topological polar surface area (TPSA) is 66.6 Å². The number of nitrogens with zero attached hydrogens (tertiary/aromatic N) is 2. The van der Waals surface area contributed by atoms with Gasteiger partial charge in [-0.3, -0.25) is 9.59 Å². The van der Waals surface area contributed by atoms with Gasteiger partial charge in [-0.25, -0.2) is 0 Å². The van der Waals surface area contributed by atoms with Crippen LogP contribution in [-0.2, 0) is 4.79 Å². The van der Waals surface area contributed by atoms with Crippen LogP contribution in [0.15, 0.2) is 15.9 Å². The number of amides is 2. The molecule has 0 saturated heterocycles. The van der Waals surface area contributed by atoms with Gasteiger partial charge in [-0.05, 0) is 40.0 Å². The summed E-state index contributed by atoms with van der Waals surface area (Å²) in [4.78, 5) is 28.0. The molecule has 1 aromatic heterocycles. The summed E-state index contributed by atoms with van der Waals surface area (Å²) >= 11 is 4.68. The lowest BCUT2D eigenvalue weighted by Gasteiger charge is -2.30. The number of rotatable bonds is 6. The Labute approximate surface area is 150 Å². The quantitative estimate of drug-likeness (QED) is 0.780. The fourth-order valence-corrected chi connectivity index (χ4v) is 3.19. The first kappa shape index (κ1) is 21.4. The fourth-order valence-electron chi connectivity index (χ4n) is 1.81. The van der Waals surface area contributed by atoms with Crippen molar-refractivity contribution in [1.29, 1.82) is 0 Å². The third-order valence-corrected chi connectivity index (χ3v) is 4.76. The Bertz CT molecular complexity index is 522. The van der Waals surface area contributed by atoms with Crippen molar-refractivity contribution >= 4 is 51.5 Å². The Balaban J connectivity index is 0.00000441. The molecule has 0 fully saturated rings. The highest BCUT2D eigenvalue weighted by molar-refractivity contribution is 9.11. The summed E-state index contributed by atoms with van der Waals surface area (Å²) in [6.45, 7) is 5.15. The van der Waals surface area contributed by atoms with Crippen LogP contribution >= 0.6 is 39.7 Å². The standard InChI is InChI=1S/C14H22BrN3O2S.ClH/c1-14(2,8-16)9-18(4)12(19)7-17(3)13(20)10-5-6-11(15)21-10;/h5-6H,7-9,16H2,1-4H3;1H. The van der Waals surface area contributed by atoms with Crippen LogP contribution in [0.1, 0.15) is 23.5 Å². The van der Waals surface area contributed by atoms with Gasteiger partial charge in [-0.15, -0.1) is 23.7 Å². The van der Waals surface area contributed by atoms with Gasteiger partial charge in [0.05, 0.1) is 15.2 Å². The van der Waals surface area contributed by atoms with Crippen molar-refractivity contribution in [2.75, 3.05) is 33.7 Å². The van der Waals surface area contributed by atoms with E-state index in [1.54, 1.807) is 25.1 Å². The molecule has 0 radical (unpaired) electrons. The van der Waals surface area contributed by atoms with Crippen LogP contribution in [0.2, 0.25) is 0 Å². The van der Waals surface area contributed by atoms with Gasteiger partial charge in [0.1, 0.15) is 0 Å². The first-order valence-corrected chi connectivity index (χ1v) is 8.22. The van der Waals surface area contributed by atoms with E-state index in [-0.39, 0.29) is 36.2 Å². The van der Waals surface area contributed by atoms with Crippen LogP contribution in [0.5, 0.6) is 0 Å². The highest BCUT2D eigenvalue weighted by Gasteiger charge is 2.23. The maximum Gasteiger partial charge on any atom is 0.264 e. The number of hydrogen-bond donors (Lipinski definition) is 1. The van der Waals surface area contributed by atoms with E-state index in [9.17, 15) is 9.59 Å². The van der Waals surface area contributed by atoms with E-state index in [1.807, 2.05) is 19.9 Å². The third kappa shape index (κ3) is 6.24. The van der Waals surface area contributed by atoms with E-state index in [1.165, 1.54) is 16.2 Å². The molecule has 1 rings (SSSR count). The Morgan fingerprint density at radius 2 is 1.86 bits per heavy atom. The van der Waals surface area contributed by atoms with Crippen molar-refractivity contribution < 1.29 is 9.59 Å². The SMILES string of the molecule is CN(CC(C)(C)CN)C(=O)CN(C)C(=O)c1ccc(Br)s1.Cl. The Morgan fingerprint density at radius 1 is 1.27 bits per heavy atom. The van der Waals surface area contributed by atoms with E-state index in [2.05, 4.69) is 15.9 Å². The van der Waals surface area contributed by atoms with Crippen molar-refractivity contribution in [3.63, 3.8) is 0 Å². The van der Waals surface area contributed by atoms with Gasteiger partial charge in [-0.1, -0.05) is 13.8 Å². The molecule has 126 valence electrons. The highest BCUT2D eigenvalue weighted by atomic mass is 79.9. The summed E-state index contributed by atoms with van der Waals surface area (Å²) in [5.74, 6) is -0.242. The van der Waals surface area contributed by atoms with Crippen LogP contribution in [0.4, 0.5) is 0 Å². The zero-order valence-corrected chi connectivity index (χ0v) is 16.5. The minimum Gasteiger partial charge on any atom is -0.344 e. The smallest absolute Gasteiger partial charge is 0.264 e. The molecule has 0 aromatic carbocycles. The summed E-state index contributed by atoms with van der Waals surface area (Å²) in [7, 11) is 3.37. The number of carbonyl (C=O) groups is 2. The van der Waals surface area contributed by atoms with E-state index >= 15 is 0 Å². The van der Waals surface area contributed by atoms with E-state index in [4.69, 9.17) is 5.73 Å². The monoisotopic (exact) mass is 411 g/mol. The first-order valence-electron chi connectivity index (χ1n) is 6.61. The van der Waals surface area contributed by atoms with Crippen LogP contribution < -0.4 is 5.73 Å². The van der Waals surface area contributed by atoms with Crippen LogP contribution in [0.25, 0.3) is 0 Å². The van der Waals surface area contributed by atoms with Crippen LogP contribution in [0, 0.1) is 5.41 Å². The van der Waals surface area contributed by atoms with Crippen molar-refractivity contribution in [2.45, 2.75) is 13.8 Å². The van der Waals surface area contributed by atoms with Crippen LogP contribution in [0.3, 0.4) is 0 Å². The van der Waals surface area contributed by atoms with Gasteiger partial charge in [0, 0.05) is 20.6 Å². The zero-order valence-electron chi connectivity index (χ0n) is 13.3. The third-order valence-electron chi connectivity index (χ3n) is 3.15. The van der Waals surface area contributed by atoms with Gasteiger partial charge in [0.2, 0.25) is 5.91 Å². The lowest BCUT2D eigenvalue weighted by atomic mass is 9.93. The molecule has 22 heavy (non-hydrogen) atoms. The molecule has 0 unspecified atom stereocenters. The van der Waals surface area contributed by atoms with Crippen molar-refractivity contribution in [2.24, 2.45) is 11.1 Å². The number of carbonyl (C=O) groups excluding carboxylic acids is 2. The molecule has 0 aliphatic heterocycles. The maximum atomic E-state index is 12.2. The number of nitrogens with two attached hydrogens (primary N) is 1. The van der Waals surface area contributed by atoms with Crippen molar-refractivity contribution in [1.82, 2.24) is 9.80 Å². The molecule has 5 nitrogen and oxygen atoms in total. The van der Waals surface area contributed by atoms with Gasteiger partial charge in [0.25, 0.3) is 5.91 Å². The van der Waals surface area contributed by atoms with E-state index in [0.717, 1.165) is 3.79 Å². The number of likely N-dealkylation sites (N-methyl/N-ethyl adjacent to an activating group) is 2. The average molecular weight is 413 g/mol. The number of halogens is 2. The second-order valence-electron chi connectivity index (χ2n) is 5.88. The minimum absolute atomic E-state index is 0. The summed E-state index contributed by atoms with van der Waals surface area (Å²) in [6.07, 6.45) is 0. The Morgan fingerprint density at radius 3 is 2.32 bits per heavy atom. The molecule has 0 atom stereocenters. The molecule has 2 N–H and O–H groups in total.